The minimum Gasteiger partial charge on any atom is -0.481 e. The van der Waals surface area contributed by atoms with Crippen LogP contribution in [0.3, 0.4) is 0 Å². The van der Waals surface area contributed by atoms with Crippen molar-refractivity contribution in [3.8, 4) is 0 Å². The van der Waals surface area contributed by atoms with E-state index in [9.17, 15) is 9.70 Å². The van der Waals surface area contributed by atoms with E-state index in [1.165, 1.54) is 5.01 Å². The van der Waals surface area contributed by atoms with Gasteiger partial charge in [0.25, 0.3) is 0 Å². The lowest BCUT2D eigenvalue weighted by atomic mass is 9.95. The van der Waals surface area contributed by atoms with Crippen LogP contribution in [0, 0.1) is 16.7 Å². The summed E-state index contributed by atoms with van der Waals surface area (Å²) in [6.07, 6.45) is 0.132. The van der Waals surface area contributed by atoms with Gasteiger partial charge in [-0.3, -0.25) is 9.80 Å². The van der Waals surface area contributed by atoms with Crippen LogP contribution in [0.15, 0.2) is 5.29 Å². The molecule has 2 unspecified atom stereocenters. The first-order valence-electron chi connectivity index (χ1n) is 3.93. The van der Waals surface area contributed by atoms with E-state index in [0.29, 0.717) is 13.1 Å². The molecule has 68 valence electrons. The van der Waals surface area contributed by atoms with E-state index in [-0.39, 0.29) is 18.3 Å². The summed E-state index contributed by atoms with van der Waals surface area (Å²) in [6, 6.07) is 0. The zero-order chi connectivity index (χ0) is 9.14. The first kappa shape index (κ1) is 8.96. The Bertz CT molecular complexity index is 195. The molecule has 0 radical (unpaired) electrons. The van der Waals surface area contributed by atoms with Crippen molar-refractivity contribution < 1.29 is 9.90 Å². The highest BCUT2D eigenvalue weighted by molar-refractivity contribution is 5.67. The zero-order valence-electron chi connectivity index (χ0n) is 6.93. The van der Waals surface area contributed by atoms with Gasteiger partial charge in [-0.25, -0.2) is 0 Å². The van der Waals surface area contributed by atoms with E-state index >= 15 is 0 Å². The summed E-state index contributed by atoms with van der Waals surface area (Å²) in [5.74, 6) is -0.487. The summed E-state index contributed by atoms with van der Waals surface area (Å²) < 4.78 is 0. The van der Waals surface area contributed by atoms with Gasteiger partial charge in [-0.1, -0.05) is 6.92 Å². The molecular formula is C7H12N2O3. The number of hydrogen-bond donors (Lipinski definition) is 1. The summed E-state index contributed by atoms with van der Waals surface area (Å²) in [6.45, 7) is 3.01. The maximum atomic E-state index is 10.4. The molecule has 0 spiro atoms. The number of aliphatic carboxylic acids is 1. The lowest BCUT2D eigenvalue weighted by Crippen LogP contribution is -2.15. The van der Waals surface area contributed by atoms with Crippen LogP contribution in [0.2, 0.25) is 0 Å². The molecule has 0 amide bonds. The van der Waals surface area contributed by atoms with Crippen molar-refractivity contribution in [2.24, 2.45) is 17.1 Å². The molecule has 1 rings (SSSR count). The van der Waals surface area contributed by atoms with Crippen LogP contribution in [0.1, 0.15) is 13.3 Å². The fourth-order valence-electron chi connectivity index (χ4n) is 1.56. The molecule has 0 aromatic carbocycles. The lowest BCUT2D eigenvalue weighted by Gasteiger charge is -2.08. The summed E-state index contributed by atoms with van der Waals surface area (Å²) in [5, 5.41) is 12.7. The average molecular weight is 172 g/mol. The van der Waals surface area contributed by atoms with Crippen LogP contribution in [0.25, 0.3) is 0 Å². The molecule has 12 heavy (non-hydrogen) atoms. The first-order valence-corrected chi connectivity index (χ1v) is 3.93. The Morgan fingerprint density at radius 1 is 1.67 bits per heavy atom. The molecule has 0 aliphatic carbocycles. The van der Waals surface area contributed by atoms with E-state index in [1.54, 1.807) is 0 Å². The molecule has 0 saturated carbocycles. The minimum absolute atomic E-state index is 0.0696. The molecule has 1 saturated heterocycles. The van der Waals surface area contributed by atoms with Crippen LogP contribution in [-0.4, -0.2) is 29.2 Å². The second-order valence-electron chi connectivity index (χ2n) is 3.29. The van der Waals surface area contributed by atoms with Crippen LogP contribution < -0.4 is 0 Å². The number of rotatable bonds is 3. The van der Waals surface area contributed by atoms with E-state index in [1.807, 2.05) is 6.92 Å². The molecule has 1 fully saturated rings. The van der Waals surface area contributed by atoms with Crippen molar-refractivity contribution in [3.05, 3.63) is 4.91 Å². The van der Waals surface area contributed by atoms with Crippen LogP contribution in [0.4, 0.5) is 0 Å². The Morgan fingerprint density at radius 3 is 2.75 bits per heavy atom. The number of nitrogens with zero attached hydrogens (tertiary/aromatic N) is 2. The smallest absolute Gasteiger partial charge is 0.303 e. The Labute approximate surface area is 70.3 Å². The van der Waals surface area contributed by atoms with Crippen molar-refractivity contribution in [1.82, 2.24) is 5.01 Å². The number of carbonyl (C=O) groups is 1. The molecule has 1 heterocycles. The van der Waals surface area contributed by atoms with Gasteiger partial charge in [0.15, 0.2) is 0 Å². The van der Waals surface area contributed by atoms with Crippen molar-refractivity contribution in [2.75, 3.05) is 13.1 Å². The molecule has 5 nitrogen and oxygen atoms in total. The highest BCUT2D eigenvalue weighted by atomic mass is 16.4. The van der Waals surface area contributed by atoms with Crippen LogP contribution >= 0.6 is 0 Å². The molecule has 1 aliphatic heterocycles. The van der Waals surface area contributed by atoms with Crippen molar-refractivity contribution >= 4 is 5.97 Å². The summed E-state index contributed by atoms with van der Waals surface area (Å²) >= 11 is 0. The molecule has 2 atom stereocenters. The predicted molar refractivity (Wildman–Crippen MR) is 42.3 cm³/mol. The highest BCUT2D eigenvalue weighted by Crippen LogP contribution is 2.25. The maximum Gasteiger partial charge on any atom is 0.303 e. The molecule has 0 aromatic heterocycles. The van der Waals surface area contributed by atoms with Gasteiger partial charge in [0.2, 0.25) is 0 Å². The molecule has 0 aromatic rings. The zero-order valence-corrected chi connectivity index (χ0v) is 6.93. The minimum atomic E-state index is -0.806. The Hall–Kier alpha value is -1.13. The monoisotopic (exact) mass is 172 g/mol. The molecular weight excluding hydrogens is 160 g/mol. The summed E-state index contributed by atoms with van der Waals surface area (Å²) in [5.41, 5.74) is 0. The van der Waals surface area contributed by atoms with Gasteiger partial charge in [0, 0.05) is 13.1 Å². The van der Waals surface area contributed by atoms with E-state index in [0.717, 1.165) is 0 Å². The van der Waals surface area contributed by atoms with Crippen LogP contribution in [0.5, 0.6) is 0 Å². The standard InChI is InChI=1S/C7H12N2O3/c1-5-3-9(8-12)4-6(5)2-7(10)11/h5-6H,2-4H2,1H3,(H,10,11). The summed E-state index contributed by atoms with van der Waals surface area (Å²) in [4.78, 5) is 20.5. The fraction of sp³-hybridized carbons (Fsp3) is 0.857. The average Bonchev–Trinajstić information content (AvgIpc) is 2.31. The van der Waals surface area contributed by atoms with Gasteiger partial charge in [-0.2, -0.15) is 0 Å². The Balaban J connectivity index is 2.45. The summed E-state index contributed by atoms with van der Waals surface area (Å²) in [7, 11) is 0. The topological polar surface area (TPSA) is 70.0 Å². The van der Waals surface area contributed by atoms with Crippen molar-refractivity contribution in [2.45, 2.75) is 13.3 Å². The molecule has 1 aliphatic rings. The molecule has 5 heteroatoms. The normalized spacial score (nSPS) is 28.9. The number of hydrogen-bond acceptors (Lipinski definition) is 3. The van der Waals surface area contributed by atoms with Gasteiger partial charge < -0.3 is 5.11 Å². The number of carboxylic acid groups (broad SMARTS) is 1. The Kier molecular flexibility index (Phi) is 2.62. The van der Waals surface area contributed by atoms with E-state index < -0.39 is 5.97 Å². The van der Waals surface area contributed by atoms with Gasteiger partial charge in [0.1, 0.15) is 0 Å². The van der Waals surface area contributed by atoms with E-state index in [4.69, 9.17) is 5.11 Å². The number of carboxylic acids is 1. The lowest BCUT2D eigenvalue weighted by molar-refractivity contribution is -0.138. The largest absolute Gasteiger partial charge is 0.481 e. The third kappa shape index (κ3) is 1.93. The SMILES string of the molecule is CC1CN(N=O)CC1CC(=O)O. The fourth-order valence-corrected chi connectivity index (χ4v) is 1.56. The van der Waals surface area contributed by atoms with Crippen molar-refractivity contribution in [1.29, 1.82) is 0 Å². The third-order valence-corrected chi connectivity index (χ3v) is 2.30. The first-order chi connectivity index (χ1) is 5.63. The highest BCUT2D eigenvalue weighted by Gasteiger charge is 2.31. The third-order valence-electron chi connectivity index (χ3n) is 2.30. The van der Waals surface area contributed by atoms with Gasteiger partial charge >= 0.3 is 5.97 Å². The Morgan fingerprint density at radius 2 is 2.33 bits per heavy atom. The van der Waals surface area contributed by atoms with Gasteiger partial charge in [0.05, 0.1) is 11.7 Å². The molecule has 1 N–H and O–H groups in total. The number of nitroso groups, excluding NO2 is 1. The quantitative estimate of drug-likeness (QED) is 0.636. The second-order valence-corrected chi connectivity index (χ2v) is 3.29. The maximum absolute atomic E-state index is 10.4. The predicted octanol–water partition coefficient (Wildman–Crippen LogP) is 0.710. The van der Waals surface area contributed by atoms with Gasteiger partial charge in [-0.15, -0.1) is 4.91 Å². The van der Waals surface area contributed by atoms with Crippen LogP contribution in [-0.2, 0) is 4.79 Å². The van der Waals surface area contributed by atoms with Gasteiger partial charge in [-0.05, 0) is 11.8 Å². The second kappa shape index (κ2) is 3.51. The molecule has 0 bridgehead atoms. The van der Waals surface area contributed by atoms with E-state index in [2.05, 4.69) is 5.29 Å². The van der Waals surface area contributed by atoms with Crippen molar-refractivity contribution in [3.63, 3.8) is 0 Å².